The monoisotopic (exact) mass is 248 g/mol. The first kappa shape index (κ1) is 15.0. The Kier molecular flexibility index (Phi) is 5.21. The molecule has 2 heteroatoms. The van der Waals surface area contributed by atoms with E-state index in [0.29, 0.717) is 6.04 Å². The van der Waals surface area contributed by atoms with Crippen LogP contribution in [0.25, 0.3) is 0 Å². The number of hydrogen-bond donors (Lipinski definition) is 1. The maximum absolute atomic E-state index is 3.41. The van der Waals surface area contributed by atoms with E-state index in [0.717, 1.165) is 12.8 Å². The van der Waals surface area contributed by atoms with Crippen molar-refractivity contribution >= 4 is 5.69 Å². The maximum atomic E-state index is 3.41. The van der Waals surface area contributed by atoms with Gasteiger partial charge in [-0.1, -0.05) is 32.0 Å². The molecule has 1 rings (SSSR count). The summed E-state index contributed by atoms with van der Waals surface area (Å²) in [6.07, 6.45) is 2.24. The molecule has 18 heavy (non-hydrogen) atoms. The fraction of sp³-hybridized carbons (Fsp3) is 0.625. The molecule has 0 radical (unpaired) electrons. The molecule has 0 spiro atoms. The van der Waals surface area contributed by atoms with Crippen molar-refractivity contribution < 1.29 is 0 Å². The second-order valence-corrected chi connectivity index (χ2v) is 5.53. The molecule has 1 unspecified atom stereocenters. The molecule has 1 atom stereocenters. The van der Waals surface area contributed by atoms with Crippen LogP contribution >= 0.6 is 0 Å². The Balaban J connectivity index is 3.16. The molecular weight excluding hydrogens is 220 g/mol. The molecule has 0 saturated carbocycles. The van der Waals surface area contributed by atoms with Gasteiger partial charge >= 0.3 is 0 Å². The van der Waals surface area contributed by atoms with Crippen LogP contribution < -0.4 is 10.2 Å². The van der Waals surface area contributed by atoms with E-state index < -0.39 is 0 Å². The van der Waals surface area contributed by atoms with Gasteiger partial charge in [-0.25, -0.2) is 0 Å². The molecule has 0 aromatic heterocycles. The molecule has 0 saturated heterocycles. The fourth-order valence-corrected chi connectivity index (χ4v) is 2.23. The zero-order valence-corrected chi connectivity index (χ0v) is 12.7. The molecule has 0 bridgehead atoms. The second-order valence-electron chi connectivity index (χ2n) is 5.53. The zero-order valence-electron chi connectivity index (χ0n) is 12.7. The van der Waals surface area contributed by atoms with Gasteiger partial charge in [-0.3, -0.25) is 0 Å². The van der Waals surface area contributed by atoms with Crippen LogP contribution in [0, 0.1) is 0 Å². The summed E-state index contributed by atoms with van der Waals surface area (Å²) in [5.41, 5.74) is 2.92. The lowest BCUT2D eigenvalue weighted by Crippen LogP contribution is -2.41. The highest BCUT2D eigenvalue weighted by Gasteiger charge is 2.24. The summed E-state index contributed by atoms with van der Waals surface area (Å²) in [6.45, 7) is 9.06. The molecule has 0 heterocycles. The molecule has 0 aliphatic rings. The first-order valence-corrected chi connectivity index (χ1v) is 6.98. The van der Waals surface area contributed by atoms with E-state index in [-0.39, 0.29) is 5.54 Å². The lowest BCUT2D eigenvalue weighted by atomic mass is 9.95. The Morgan fingerprint density at radius 1 is 1.22 bits per heavy atom. The van der Waals surface area contributed by atoms with E-state index in [9.17, 15) is 0 Å². The normalized spacial score (nSPS) is 13.4. The van der Waals surface area contributed by atoms with Crippen LogP contribution in [0.5, 0.6) is 0 Å². The Morgan fingerprint density at radius 3 is 2.33 bits per heavy atom. The van der Waals surface area contributed by atoms with Gasteiger partial charge in [0, 0.05) is 24.3 Å². The minimum absolute atomic E-state index is 0.183. The van der Waals surface area contributed by atoms with Crippen LogP contribution in [0.2, 0.25) is 0 Å². The molecule has 0 fully saturated rings. The van der Waals surface area contributed by atoms with Gasteiger partial charge in [0.05, 0.1) is 0 Å². The minimum Gasteiger partial charge on any atom is -0.369 e. The number of anilines is 1. The molecule has 0 aliphatic heterocycles. The van der Waals surface area contributed by atoms with Crippen molar-refractivity contribution in [2.24, 2.45) is 0 Å². The largest absolute Gasteiger partial charge is 0.369 e. The van der Waals surface area contributed by atoms with Gasteiger partial charge in [-0.15, -0.1) is 0 Å². The van der Waals surface area contributed by atoms with Gasteiger partial charge in [-0.2, -0.15) is 0 Å². The first-order valence-electron chi connectivity index (χ1n) is 6.98. The lowest BCUT2D eigenvalue weighted by Gasteiger charge is -2.39. The SMILES string of the molecule is CCC(NC)c1ccccc1N(C)C(C)(C)CC. The van der Waals surface area contributed by atoms with Crippen LogP contribution in [0.1, 0.15) is 52.1 Å². The molecule has 0 aliphatic carbocycles. The summed E-state index contributed by atoms with van der Waals surface area (Å²) in [6, 6.07) is 9.15. The Labute approximate surface area is 112 Å². The van der Waals surface area contributed by atoms with Crippen LogP contribution in [-0.4, -0.2) is 19.6 Å². The highest BCUT2D eigenvalue weighted by atomic mass is 15.2. The van der Waals surface area contributed by atoms with Gasteiger partial charge in [0.25, 0.3) is 0 Å². The van der Waals surface area contributed by atoms with Crippen LogP contribution in [0.15, 0.2) is 24.3 Å². The predicted octanol–water partition coefficient (Wildman–Crippen LogP) is 3.98. The van der Waals surface area contributed by atoms with Crippen molar-refractivity contribution in [1.29, 1.82) is 0 Å². The molecular formula is C16H28N2. The second kappa shape index (κ2) is 6.24. The number of para-hydroxylation sites is 1. The van der Waals surface area contributed by atoms with Gasteiger partial charge in [0.1, 0.15) is 0 Å². The maximum Gasteiger partial charge on any atom is 0.0416 e. The molecule has 1 N–H and O–H groups in total. The molecule has 2 nitrogen and oxygen atoms in total. The molecule has 1 aromatic rings. The number of rotatable bonds is 6. The molecule has 0 amide bonds. The number of nitrogens with zero attached hydrogens (tertiary/aromatic N) is 1. The van der Waals surface area contributed by atoms with Gasteiger partial charge in [0.2, 0.25) is 0 Å². The molecule has 102 valence electrons. The fourth-order valence-electron chi connectivity index (χ4n) is 2.23. The average Bonchev–Trinajstić information content (AvgIpc) is 2.40. The summed E-state index contributed by atoms with van der Waals surface area (Å²) in [5, 5.41) is 3.41. The topological polar surface area (TPSA) is 15.3 Å². The van der Waals surface area contributed by atoms with Gasteiger partial charge < -0.3 is 10.2 Å². The van der Waals surface area contributed by atoms with Crippen molar-refractivity contribution in [3.05, 3.63) is 29.8 Å². The summed E-state index contributed by atoms with van der Waals surface area (Å²) in [7, 11) is 4.24. The smallest absolute Gasteiger partial charge is 0.0416 e. The zero-order chi connectivity index (χ0) is 13.8. The quantitative estimate of drug-likeness (QED) is 0.819. The standard InChI is InChI=1S/C16H28N2/c1-7-14(17-5)13-11-9-10-12-15(13)18(6)16(3,4)8-2/h9-12,14,17H,7-8H2,1-6H3. The van der Waals surface area contributed by atoms with E-state index in [2.05, 4.69) is 69.2 Å². The van der Waals surface area contributed by atoms with Crippen LogP contribution in [-0.2, 0) is 0 Å². The first-order chi connectivity index (χ1) is 8.47. The highest BCUT2D eigenvalue weighted by molar-refractivity contribution is 5.56. The number of hydrogen-bond acceptors (Lipinski definition) is 2. The lowest BCUT2D eigenvalue weighted by molar-refractivity contribution is 0.466. The third-order valence-corrected chi connectivity index (χ3v) is 4.20. The van der Waals surface area contributed by atoms with Crippen molar-refractivity contribution in [3.63, 3.8) is 0 Å². The van der Waals surface area contributed by atoms with E-state index in [1.807, 2.05) is 7.05 Å². The van der Waals surface area contributed by atoms with Crippen molar-refractivity contribution in [1.82, 2.24) is 5.32 Å². The van der Waals surface area contributed by atoms with Gasteiger partial charge in [-0.05, 0) is 45.4 Å². The third-order valence-electron chi connectivity index (χ3n) is 4.20. The van der Waals surface area contributed by atoms with Crippen molar-refractivity contribution in [3.8, 4) is 0 Å². The summed E-state index contributed by atoms with van der Waals surface area (Å²) in [5.74, 6) is 0. The molecule has 1 aromatic carbocycles. The summed E-state index contributed by atoms with van der Waals surface area (Å²) >= 11 is 0. The Bertz CT molecular complexity index is 367. The van der Waals surface area contributed by atoms with Crippen molar-refractivity contribution in [2.45, 2.75) is 52.1 Å². The Hall–Kier alpha value is -1.02. The van der Waals surface area contributed by atoms with E-state index in [1.165, 1.54) is 11.3 Å². The van der Waals surface area contributed by atoms with E-state index in [1.54, 1.807) is 0 Å². The number of nitrogens with one attached hydrogen (secondary N) is 1. The van der Waals surface area contributed by atoms with Gasteiger partial charge in [0.15, 0.2) is 0 Å². The Morgan fingerprint density at radius 2 is 1.83 bits per heavy atom. The van der Waals surface area contributed by atoms with E-state index in [4.69, 9.17) is 0 Å². The number of benzene rings is 1. The van der Waals surface area contributed by atoms with Crippen LogP contribution in [0.3, 0.4) is 0 Å². The van der Waals surface area contributed by atoms with Crippen molar-refractivity contribution in [2.75, 3.05) is 19.0 Å². The van der Waals surface area contributed by atoms with Crippen LogP contribution in [0.4, 0.5) is 5.69 Å². The third kappa shape index (κ3) is 3.05. The van der Waals surface area contributed by atoms with E-state index >= 15 is 0 Å². The summed E-state index contributed by atoms with van der Waals surface area (Å²) in [4.78, 5) is 2.41. The summed E-state index contributed by atoms with van der Waals surface area (Å²) < 4.78 is 0. The average molecular weight is 248 g/mol. The predicted molar refractivity (Wildman–Crippen MR) is 81.3 cm³/mol. The highest BCUT2D eigenvalue weighted by Crippen LogP contribution is 2.32. The minimum atomic E-state index is 0.183.